The Bertz CT molecular complexity index is 478. The molecule has 20 heavy (non-hydrogen) atoms. The van der Waals surface area contributed by atoms with Crippen LogP contribution in [0.25, 0.3) is 0 Å². The molecular formula is C14H20N2O4. The van der Waals surface area contributed by atoms with E-state index in [9.17, 15) is 10.1 Å². The molecule has 1 atom stereocenters. The summed E-state index contributed by atoms with van der Waals surface area (Å²) in [5, 5.41) is 20.2. The van der Waals surface area contributed by atoms with Gasteiger partial charge in [0.05, 0.1) is 12.0 Å². The van der Waals surface area contributed by atoms with E-state index in [0.717, 1.165) is 32.2 Å². The number of benzene rings is 1. The Morgan fingerprint density at radius 1 is 1.55 bits per heavy atom. The van der Waals surface area contributed by atoms with Crippen LogP contribution < -0.4 is 9.64 Å². The van der Waals surface area contributed by atoms with Gasteiger partial charge in [0.25, 0.3) is 5.69 Å². The normalized spacial score (nSPS) is 18.3. The number of nitro benzene ring substituents is 1. The Hall–Kier alpha value is -1.82. The molecule has 0 aromatic heterocycles. The highest BCUT2D eigenvalue weighted by atomic mass is 16.6. The van der Waals surface area contributed by atoms with Crippen LogP contribution in [0, 0.1) is 10.1 Å². The van der Waals surface area contributed by atoms with E-state index in [0.29, 0.717) is 11.4 Å². The van der Waals surface area contributed by atoms with Crippen molar-refractivity contribution in [2.75, 3.05) is 25.2 Å². The average molecular weight is 280 g/mol. The maximum absolute atomic E-state index is 11.2. The van der Waals surface area contributed by atoms with Crippen LogP contribution in [0.2, 0.25) is 0 Å². The third-order valence-electron chi connectivity index (χ3n) is 3.76. The number of nitro groups is 1. The highest BCUT2D eigenvalue weighted by Crippen LogP contribution is 2.37. The van der Waals surface area contributed by atoms with Crippen LogP contribution in [0.1, 0.15) is 25.7 Å². The fraction of sp³-hybridized carbons (Fsp3) is 0.571. The molecule has 1 heterocycles. The molecule has 1 aliphatic rings. The Labute approximate surface area is 118 Å². The van der Waals surface area contributed by atoms with Gasteiger partial charge in [-0.15, -0.1) is 0 Å². The van der Waals surface area contributed by atoms with E-state index in [1.54, 1.807) is 19.2 Å². The van der Waals surface area contributed by atoms with Crippen LogP contribution in [0.15, 0.2) is 18.2 Å². The molecule has 1 aromatic carbocycles. The van der Waals surface area contributed by atoms with Crippen LogP contribution in [-0.2, 0) is 0 Å². The monoisotopic (exact) mass is 280 g/mol. The van der Waals surface area contributed by atoms with Crippen molar-refractivity contribution in [3.63, 3.8) is 0 Å². The Balaban J connectivity index is 2.31. The molecule has 110 valence electrons. The standard InChI is InChI=1S/C14H20N2O4/c1-20-12-6-7-13(16(18)19)14(10-12)15-8-2-4-11(15)5-3-9-17/h6-7,10-11,17H,2-5,8-9H2,1H3. The molecule has 1 aromatic rings. The number of ether oxygens (including phenoxy) is 1. The van der Waals surface area contributed by atoms with Crippen molar-refractivity contribution < 1.29 is 14.8 Å². The minimum atomic E-state index is -0.351. The van der Waals surface area contributed by atoms with Crippen molar-refractivity contribution in [2.24, 2.45) is 0 Å². The highest BCUT2D eigenvalue weighted by molar-refractivity contribution is 5.66. The Morgan fingerprint density at radius 2 is 2.35 bits per heavy atom. The van der Waals surface area contributed by atoms with E-state index in [1.165, 1.54) is 6.07 Å². The van der Waals surface area contributed by atoms with E-state index in [2.05, 4.69) is 4.90 Å². The smallest absolute Gasteiger partial charge is 0.292 e. The van der Waals surface area contributed by atoms with Crippen molar-refractivity contribution in [2.45, 2.75) is 31.7 Å². The lowest BCUT2D eigenvalue weighted by atomic mass is 10.1. The van der Waals surface area contributed by atoms with Gasteiger partial charge in [-0.25, -0.2) is 0 Å². The molecule has 1 unspecified atom stereocenters. The number of methoxy groups -OCH3 is 1. The molecule has 1 fully saturated rings. The zero-order chi connectivity index (χ0) is 14.5. The fourth-order valence-corrected chi connectivity index (χ4v) is 2.79. The summed E-state index contributed by atoms with van der Waals surface area (Å²) in [7, 11) is 1.55. The van der Waals surface area contributed by atoms with Gasteiger partial charge in [0, 0.05) is 31.3 Å². The first kappa shape index (κ1) is 14.6. The quantitative estimate of drug-likeness (QED) is 0.639. The lowest BCUT2D eigenvalue weighted by Gasteiger charge is -2.26. The lowest BCUT2D eigenvalue weighted by Crippen LogP contribution is -2.29. The molecular weight excluding hydrogens is 260 g/mol. The van der Waals surface area contributed by atoms with Crippen LogP contribution >= 0.6 is 0 Å². The molecule has 0 amide bonds. The maximum atomic E-state index is 11.2. The highest BCUT2D eigenvalue weighted by Gasteiger charge is 2.29. The number of nitrogens with zero attached hydrogens (tertiary/aromatic N) is 2. The number of hydrogen-bond acceptors (Lipinski definition) is 5. The minimum absolute atomic E-state index is 0.113. The largest absolute Gasteiger partial charge is 0.497 e. The van der Waals surface area contributed by atoms with Gasteiger partial charge in [-0.1, -0.05) is 0 Å². The van der Waals surface area contributed by atoms with Gasteiger partial charge in [0.1, 0.15) is 11.4 Å². The predicted octanol–water partition coefficient (Wildman–Crippen LogP) is 2.34. The van der Waals surface area contributed by atoms with Crippen LogP contribution in [0.4, 0.5) is 11.4 Å². The second-order valence-corrected chi connectivity index (χ2v) is 4.97. The fourth-order valence-electron chi connectivity index (χ4n) is 2.79. The van der Waals surface area contributed by atoms with E-state index >= 15 is 0 Å². The van der Waals surface area contributed by atoms with Gasteiger partial charge in [-0.3, -0.25) is 10.1 Å². The van der Waals surface area contributed by atoms with Crippen LogP contribution in [0.3, 0.4) is 0 Å². The number of rotatable bonds is 6. The molecule has 0 aliphatic carbocycles. The first-order chi connectivity index (χ1) is 9.67. The topological polar surface area (TPSA) is 75.8 Å². The van der Waals surface area contributed by atoms with Gasteiger partial charge < -0.3 is 14.7 Å². The van der Waals surface area contributed by atoms with Crippen molar-refractivity contribution in [1.29, 1.82) is 0 Å². The molecule has 1 saturated heterocycles. The molecule has 1 aliphatic heterocycles. The summed E-state index contributed by atoms with van der Waals surface area (Å²) >= 11 is 0. The van der Waals surface area contributed by atoms with Gasteiger partial charge >= 0.3 is 0 Å². The second kappa shape index (κ2) is 6.56. The summed E-state index contributed by atoms with van der Waals surface area (Å²) in [6, 6.07) is 5.10. The van der Waals surface area contributed by atoms with E-state index in [4.69, 9.17) is 9.84 Å². The van der Waals surface area contributed by atoms with Crippen LogP contribution in [-0.4, -0.2) is 36.3 Å². The SMILES string of the molecule is COc1ccc([N+](=O)[O-])c(N2CCCC2CCCO)c1. The minimum Gasteiger partial charge on any atom is -0.497 e. The van der Waals surface area contributed by atoms with Crippen molar-refractivity contribution in [3.05, 3.63) is 28.3 Å². The zero-order valence-electron chi connectivity index (χ0n) is 11.6. The molecule has 6 heteroatoms. The Morgan fingerprint density at radius 3 is 3.00 bits per heavy atom. The first-order valence-electron chi connectivity index (χ1n) is 6.87. The number of aliphatic hydroxyl groups excluding tert-OH is 1. The molecule has 0 bridgehead atoms. The average Bonchev–Trinajstić information content (AvgIpc) is 2.92. The molecule has 6 nitrogen and oxygen atoms in total. The molecule has 0 spiro atoms. The zero-order valence-corrected chi connectivity index (χ0v) is 11.6. The summed E-state index contributed by atoms with van der Waals surface area (Å²) < 4.78 is 5.18. The van der Waals surface area contributed by atoms with Gasteiger partial charge in [0.15, 0.2) is 0 Å². The number of anilines is 1. The number of hydrogen-bond donors (Lipinski definition) is 1. The molecule has 0 saturated carbocycles. The Kier molecular flexibility index (Phi) is 4.79. The van der Waals surface area contributed by atoms with Gasteiger partial charge in [0.2, 0.25) is 0 Å². The van der Waals surface area contributed by atoms with E-state index in [1.807, 2.05) is 0 Å². The summed E-state index contributed by atoms with van der Waals surface area (Å²) in [5.41, 5.74) is 0.733. The summed E-state index contributed by atoms with van der Waals surface area (Å²) in [6.45, 7) is 0.967. The number of aliphatic hydroxyl groups is 1. The van der Waals surface area contributed by atoms with E-state index in [-0.39, 0.29) is 23.3 Å². The summed E-state index contributed by atoms with van der Waals surface area (Å²) in [6.07, 6.45) is 3.60. The third-order valence-corrected chi connectivity index (χ3v) is 3.76. The molecule has 2 rings (SSSR count). The van der Waals surface area contributed by atoms with E-state index < -0.39 is 0 Å². The van der Waals surface area contributed by atoms with Crippen molar-refractivity contribution in [1.82, 2.24) is 0 Å². The molecule has 1 N–H and O–H groups in total. The third kappa shape index (κ3) is 3.01. The van der Waals surface area contributed by atoms with Crippen LogP contribution in [0.5, 0.6) is 5.75 Å². The first-order valence-corrected chi connectivity index (χ1v) is 6.87. The van der Waals surface area contributed by atoms with Gasteiger partial charge in [-0.2, -0.15) is 0 Å². The predicted molar refractivity (Wildman–Crippen MR) is 76.3 cm³/mol. The maximum Gasteiger partial charge on any atom is 0.292 e. The lowest BCUT2D eigenvalue weighted by molar-refractivity contribution is -0.384. The van der Waals surface area contributed by atoms with Crippen molar-refractivity contribution >= 4 is 11.4 Å². The molecule has 0 radical (unpaired) electrons. The van der Waals surface area contributed by atoms with Crippen molar-refractivity contribution in [3.8, 4) is 5.75 Å². The summed E-state index contributed by atoms with van der Waals surface area (Å²) in [5.74, 6) is 0.624. The summed E-state index contributed by atoms with van der Waals surface area (Å²) in [4.78, 5) is 12.9. The second-order valence-electron chi connectivity index (χ2n) is 4.97. The van der Waals surface area contributed by atoms with Gasteiger partial charge in [-0.05, 0) is 31.7 Å².